The van der Waals surface area contributed by atoms with Crippen LogP contribution in [-0.4, -0.2) is 26.3 Å². The molecule has 2 unspecified atom stereocenters. The largest absolute Gasteiger partial charge is 0.469 e. The molecular weight excluding hydrogens is 192 g/mol. The molecule has 0 aliphatic heterocycles. The van der Waals surface area contributed by atoms with E-state index in [4.69, 9.17) is 9.47 Å². The van der Waals surface area contributed by atoms with E-state index in [-0.39, 0.29) is 5.97 Å². The Hall–Kier alpha value is -0.570. The summed E-state index contributed by atoms with van der Waals surface area (Å²) in [5.41, 5.74) is 0. The second-order valence-electron chi connectivity index (χ2n) is 4.22. The third-order valence-corrected chi connectivity index (χ3v) is 3.31. The summed E-state index contributed by atoms with van der Waals surface area (Å²) in [6.07, 6.45) is 5.35. The van der Waals surface area contributed by atoms with Crippen molar-refractivity contribution in [1.29, 1.82) is 0 Å². The van der Waals surface area contributed by atoms with E-state index in [1.165, 1.54) is 26.4 Å². The second kappa shape index (κ2) is 6.83. The molecule has 1 saturated carbocycles. The normalized spacial score (nSPS) is 25.5. The monoisotopic (exact) mass is 214 g/mol. The number of hydrogen-bond donors (Lipinski definition) is 0. The van der Waals surface area contributed by atoms with Crippen LogP contribution in [0.3, 0.4) is 0 Å². The molecule has 1 fully saturated rings. The molecule has 1 aliphatic rings. The molecule has 0 spiro atoms. The van der Waals surface area contributed by atoms with Gasteiger partial charge in [0.1, 0.15) is 0 Å². The molecule has 0 N–H and O–H groups in total. The van der Waals surface area contributed by atoms with E-state index < -0.39 is 0 Å². The Labute approximate surface area is 92.1 Å². The fourth-order valence-corrected chi connectivity index (χ4v) is 2.44. The predicted molar refractivity (Wildman–Crippen MR) is 58.6 cm³/mol. The standard InChI is InChI=1S/C12H22O3/c1-3-15-8-7-10-5-4-6-11(10)9-12(13)14-2/h10-11H,3-9H2,1-2H3. The molecule has 0 saturated heterocycles. The molecule has 1 aliphatic carbocycles. The number of ether oxygens (including phenoxy) is 2. The predicted octanol–water partition coefficient (Wildman–Crippen LogP) is 2.39. The second-order valence-corrected chi connectivity index (χ2v) is 4.22. The molecule has 1 rings (SSSR count). The Kier molecular flexibility index (Phi) is 5.69. The third kappa shape index (κ3) is 4.20. The number of carbonyl (C=O) groups is 1. The molecular formula is C12H22O3. The minimum atomic E-state index is -0.0664. The zero-order chi connectivity index (χ0) is 11.1. The van der Waals surface area contributed by atoms with Crippen LogP contribution in [0.25, 0.3) is 0 Å². The van der Waals surface area contributed by atoms with E-state index >= 15 is 0 Å². The third-order valence-electron chi connectivity index (χ3n) is 3.31. The topological polar surface area (TPSA) is 35.5 Å². The van der Waals surface area contributed by atoms with Crippen LogP contribution in [0.4, 0.5) is 0 Å². The maximum atomic E-state index is 11.2. The van der Waals surface area contributed by atoms with Gasteiger partial charge in [-0.05, 0) is 31.6 Å². The van der Waals surface area contributed by atoms with Gasteiger partial charge < -0.3 is 9.47 Å². The minimum Gasteiger partial charge on any atom is -0.469 e. The average molecular weight is 214 g/mol. The number of esters is 1. The number of methoxy groups -OCH3 is 1. The molecule has 0 radical (unpaired) electrons. The lowest BCUT2D eigenvalue weighted by molar-refractivity contribution is -0.142. The van der Waals surface area contributed by atoms with E-state index in [0.717, 1.165) is 19.6 Å². The average Bonchev–Trinajstić information content (AvgIpc) is 2.66. The molecule has 3 nitrogen and oxygen atoms in total. The number of hydrogen-bond acceptors (Lipinski definition) is 3. The first-order chi connectivity index (χ1) is 7.27. The molecule has 2 atom stereocenters. The molecule has 3 heteroatoms. The number of carbonyl (C=O) groups excluding carboxylic acids is 1. The van der Waals surface area contributed by atoms with Crippen molar-refractivity contribution in [3.63, 3.8) is 0 Å². The molecule has 0 aromatic rings. The minimum absolute atomic E-state index is 0.0664. The van der Waals surface area contributed by atoms with Crippen molar-refractivity contribution in [2.24, 2.45) is 11.8 Å². The van der Waals surface area contributed by atoms with Crippen LogP contribution in [-0.2, 0) is 14.3 Å². The van der Waals surface area contributed by atoms with E-state index in [2.05, 4.69) is 0 Å². The van der Waals surface area contributed by atoms with Crippen LogP contribution >= 0.6 is 0 Å². The lowest BCUT2D eigenvalue weighted by atomic mass is 9.90. The molecule has 0 aromatic carbocycles. The molecule has 88 valence electrons. The van der Waals surface area contributed by atoms with Crippen LogP contribution in [0.15, 0.2) is 0 Å². The van der Waals surface area contributed by atoms with Gasteiger partial charge in [-0.2, -0.15) is 0 Å². The summed E-state index contributed by atoms with van der Waals surface area (Å²) in [5.74, 6) is 1.12. The fraction of sp³-hybridized carbons (Fsp3) is 0.917. The molecule has 0 amide bonds. The molecule has 0 bridgehead atoms. The summed E-state index contributed by atoms with van der Waals surface area (Å²) in [6, 6.07) is 0. The van der Waals surface area contributed by atoms with Gasteiger partial charge in [-0.25, -0.2) is 0 Å². The Balaban J connectivity index is 2.26. The van der Waals surface area contributed by atoms with Crippen molar-refractivity contribution in [3.8, 4) is 0 Å². The van der Waals surface area contributed by atoms with Gasteiger partial charge in [0.25, 0.3) is 0 Å². The van der Waals surface area contributed by atoms with Crippen LogP contribution in [0.1, 0.15) is 39.0 Å². The van der Waals surface area contributed by atoms with Gasteiger partial charge in [0.05, 0.1) is 7.11 Å². The van der Waals surface area contributed by atoms with Crippen LogP contribution in [0.5, 0.6) is 0 Å². The van der Waals surface area contributed by atoms with Crippen molar-refractivity contribution in [2.75, 3.05) is 20.3 Å². The zero-order valence-corrected chi connectivity index (χ0v) is 9.83. The summed E-state index contributed by atoms with van der Waals surface area (Å²) in [6.45, 7) is 3.63. The van der Waals surface area contributed by atoms with Gasteiger partial charge in [-0.1, -0.05) is 12.8 Å². The van der Waals surface area contributed by atoms with E-state index in [1.807, 2.05) is 6.92 Å². The summed E-state index contributed by atoms with van der Waals surface area (Å²) in [4.78, 5) is 11.2. The summed E-state index contributed by atoms with van der Waals surface area (Å²) < 4.78 is 10.1. The van der Waals surface area contributed by atoms with Gasteiger partial charge >= 0.3 is 5.97 Å². The Bertz CT molecular complexity index is 191. The molecule has 0 aromatic heterocycles. The highest BCUT2D eigenvalue weighted by molar-refractivity contribution is 5.69. The van der Waals surface area contributed by atoms with E-state index in [0.29, 0.717) is 18.3 Å². The Morgan fingerprint density at radius 3 is 2.73 bits per heavy atom. The van der Waals surface area contributed by atoms with Crippen molar-refractivity contribution in [2.45, 2.75) is 39.0 Å². The van der Waals surface area contributed by atoms with Crippen LogP contribution in [0.2, 0.25) is 0 Å². The first kappa shape index (κ1) is 12.5. The smallest absolute Gasteiger partial charge is 0.305 e. The highest BCUT2D eigenvalue weighted by Gasteiger charge is 2.28. The van der Waals surface area contributed by atoms with Gasteiger partial charge in [0.2, 0.25) is 0 Å². The van der Waals surface area contributed by atoms with Gasteiger partial charge in [-0.3, -0.25) is 4.79 Å². The fourth-order valence-electron chi connectivity index (χ4n) is 2.44. The quantitative estimate of drug-likeness (QED) is 0.503. The highest BCUT2D eigenvalue weighted by Crippen LogP contribution is 2.36. The van der Waals surface area contributed by atoms with E-state index in [9.17, 15) is 4.79 Å². The maximum absolute atomic E-state index is 11.2. The molecule has 15 heavy (non-hydrogen) atoms. The van der Waals surface area contributed by atoms with Gasteiger partial charge in [0, 0.05) is 19.6 Å². The summed E-state index contributed by atoms with van der Waals surface area (Å²) in [5, 5.41) is 0. The Morgan fingerprint density at radius 1 is 1.33 bits per heavy atom. The van der Waals surface area contributed by atoms with Crippen molar-refractivity contribution in [3.05, 3.63) is 0 Å². The first-order valence-corrected chi connectivity index (χ1v) is 5.92. The highest BCUT2D eigenvalue weighted by atomic mass is 16.5. The lowest BCUT2D eigenvalue weighted by Gasteiger charge is -2.18. The summed E-state index contributed by atoms with van der Waals surface area (Å²) >= 11 is 0. The SMILES string of the molecule is CCOCCC1CCCC1CC(=O)OC. The van der Waals surface area contributed by atoms with E-state index in [1.54, 1.807) is 0 Å². The van der Waals surface area contributed by atoms with Gasteiger partial charge in [-0.15, -0.1) is 0 Å². The van der Waals surface area contributed by atoms with Crippen LogP contribution in [0, 0.1) is 11.8 Å². The molecule has 0 heterocycles. The maximum Gasteiger partial charge on any atom is 0.305 e. The summed E-state index contributed by atoms with van der Waals surface area (Å²) in [7, 11) is 1.46. The number of rotatable bonds is 6. The zero-order valence-electron chi connectivity index (χ0n) is 9.83. The van der Waals surface area contributed by atoms with Crippen LogP contribution < -0.4 is 0 Å². The lowest BCUT2D eigenvalue weighted by Crippen LogP contribution is -2.15. The van der Waals surface area contributed by atoms with Gasteiger partial charge in [0.15, 0.2) is 0 Å². The van der Waals surface area contributed by atoms with Crippen molar-refractivity contribution < 1.29 is 14.3 Å². The van der Waals surface area contributed by atoms with Crippen molar-refractivity contribution >= 4 is 5.97 Å². The first-order valence-electron chi connectivity index (χ1n) is 5.92. The van der Waals surface area contributed by atoms with Crippen molar-refractivity contribution in [1.82, 2.24) is 0 Å². The Morgan fingerprint density at radius 2 is 2.07 bits per heavy atom.